The molecule has 1 aromatic rings. The van der Waals surface area contributed by atoms with Gasteiger partial charge in [0, 0.05) is 43.7 Å². The van der Waals surface area contributed by atoms with E-state index >= 15 is 0 Å². The summed E-state index contributed by atoms with van der Waals surface area (Å²) in [6.45, 7) is 12.5. The monoisotopic (exact) mass is 367 g/mol. The summed E-state index contributed by atoms with van der Waals surface area (Å²) in [7, 11) is 0. The number of aryl methyl sites for hydroxylation is 1. The van der Waals surface area contributed by atoms with Gasteiger partial charge in [-0.1, -0.05) is 0 Å². The van der Waals surface area contributed by atoms with Crippen LogP contribution in [0.4, 0.5) is 4.79 Å². The van der Waals surface area contributed by atoms with E-state index in [0.29, 0.717) is 19.6 Å². The molecule has 1 fully saturated rings. The number of thiazole rings is 1. The Morgan fingerprint density at radius 3 is 2.76 bits per heavy atom. The number of carbonyl (C=O) groups is 1. The maximum Gasteiger partial charge on any atom is 0.410 e. The molecule has 7 nitrogen and oxygen atoms in total. The largest absolute Gasteiger partial charge is 0.444 e. The van der Waals surface area contributed by atoms with Crippen molar-refractivity contribution in [2.75, 3.05) is 26.2 Å². The van der Waals surface area contributed by atoms with Crippen molar-refractivity contribution in [3.05, 3.63) is 16.1 Å². The van der Waals surface area contributed by atoms with Crippen LogP contribution >= 0.6 is 11.3 Å². The third-order valence-corrected chi connectivity index (χ3v) is 4.46. The summed E-state index contributed by atoms with van der Waals surface area (Å²) < 4.78 is 5.37. The van der Waals surface area contributed by atoms with E-state index in [-0.39, 0.29) is 12.1 Å². The second kappa shape index (κ2) is 8.51. The maximum atomic E-state index is 12.0. The number of aromatic nitrogens is 1. The zero-order valence-electron chi connectivity index (χ0n) is 15.8. The lowest BCUT2D eigenvalue weighted by atomic mass is 10.1. The minimum Gasteiger partial charge on any atom is -0.444 e. The average Bonchev–Trinajstić information content (AvgIpc) is 2.85. The predicted octanol–water partition coefficient (Wildman–Crippen LogP) is 2.17. The topological polar surface area (TPSA) is 78.9 Å². The molecule has 1 amide bonds. The molecule has 0 spiro atoms. The van der Waals surface area contributed by atoms with Gasteiger partial charge in [0.15, 0.2) is 5.96 Å². The molecule has 2 rings (SSSR count). The van der Waals surface area contributed by atoms with Crippen LogP contribution in [-0.2, 0) is 11.2 Å². The highest BCUT2D eigenvalue weighted by Crippen LogP contribution is 2.15. The van der Waals surface area contributed by atoms with E-state index in [2.05, 4.69) is 27.5 Å². The van der Waals surface area contributed by atoms with E-state index in [1.807, 2.05) is 33.9 Å². The minimum absolute atomic E-state index is 0.201. The first-order valence-corrected chi connectivity index (χ1v) is 9.52. The molecule has 0 unspecified atom stereocenters. The normalized spacial score (nSPS) is 15.7. The molecule has 0 aliphatic carbocycles. The van der Waals surface area contributed by atoms with Crippen LogP contribution in [0.3, 0.4) is 0 Å². The molecule has 0 aromatic carbocycles. The number of hydrogen-bond acceptors (Lipinski definition) is 5. The van der Waals surface area contributed by atoms with Crippen molar-refractivity contribution in [2.45, 2.75) is 52.7 Å². The first-order chi connectivity index (χ1) is 11.8. The SMILES string of the molecule is CCNC(=NCCc1ncc(C)s1)NC1CN(C(=O)OC(C)(C)C)C1. The lowest BCUT2D eigenvalue weighted by molar-refractivity contribution is 0.00701. The van der Waals surface area contributed by atoms with Gasteiger partial charge in [0.1, 0.15) is 5.60 Å². The van der Waals surface area contributed by atoms with Crippen LogP contribution in [0.5, 0.6) is 0 Å². The first-order valence-electron chi connectivity index (χ1n) is 8.71. The van der Waals surface area contributed by atoms with Crippen LogP contribution in [0, 0.1) is 6.92 Å². The number of carbonyl (C=O) groups excluding carboxylic acids is 1. The van der Waals surface area contributed by atoms with Crippen LogP contribution < -0.4 is 10.6 Å². The van der Waals surface area contributed by atoms with Gasteiger partial charge in [-0.05, 0) is 34.6 Å². The van der Waals surface area contributed by atoms with E-state index in [1.165, 1.54) is 4.88 Å². The van der Waals surface area contributed by atoms with Crippen LogP contribution in [0.1, 0.15) is 37.6 Å². The Bertz CT molecular complexity index is 602. The molecule has 0 bridgehead atoms. The molecule has 0 saturated carbocycles. The van der Waals surface area contributed by atoms with Gasteiger partial charge in [0.25, 0.3) is 0 Å². The first kappa shape index (κ1) is 19.5. The third-order valence-electron chi connectivity index (χ3n) is 3.48. The molecule has 0 radical (unpaired) electrons. The Hall–Kier alpha value is -1.83. The fraction of sp³-hybridized carbons (Fsp3) is 0.706. The molecular weight excluding hydrogens is 338 g/mol. The number of aliphatic imine (C=N–C) groups is 1. The van der Waals surface area contributed by atoms with E-state index < -0.39 is 5.60 Å². The van der Waals surface area contributed by atoms with E-state index in [9.17, 15) is 4.79 Å². The predicted molar refractivity (Wildman–Crippen MR) is 101 cm³/mol. The third kappa shape index (κ3) is 6.53. The fourth-order valence-corrected chi connectivity index (χ4v) is 3.11. The maximum absolute atomic E-state index is 12.0. The molecule has 2 N–H and O–H groups in total. The van der Waals surface area contributed by atoms with Gasteiger partial charge in [0.05, 0.1) is 11.0 Å². The summed E-state index contributed by atoms with van der Waals surface area (Å²) in [5.41, 5.74) is -0.458. The lowest BCUT2D eigenvalue weighted by Crippen LogP contribution is -2.63. The van der Waals surface area contributed by atoms with Gasteiger partial charge >= 0.3 is 6.09 Å². The molecule has 2 heterocycles. The molecular formula is C17H29N5O2S. The zero-order valence-corrected chi connectivity index (χ0v) is 16.6. The summed E-state index contributed by atoms with van der Waals surface area (Å²) in [5.74, 6) is 0.782. The number of amides is 1. The number of nitrogens with one attached hydrogen (secondary N) is 2. The van der Waals surface area contributed by atoms with Crippen molar-refractivity contribution in [1.29, 1.82) is 0 Å². The molecule has 1 aliphatic heterocycles. The molecule has 140 valence electrons. The molecule has 1 aliphatic rings. The second-order valence-electron chi connectivity index (χ2n) is 7.10. The van der Waals surface area contributed by atoms with Crippen LogP contribution in [0.25, 0.3) is 0 Å². The standard InChI is InChI=1S/C17H29N5O2S/c1-6-18-15(19-8-7-14-20-9-12(2)25-14)21-13-10-22(11-13)16(23)24-17(3,4)5/h9,13H,6-8,10-11H2,1-5H3,(H2,18,19,21). The molecule has 8 heteroatoms. The number of likely N-dealkylation sites (tertiary alicyclic amines) is 1. The van der Waals surface area contributed by atoms with E-state index in [0.717, 1.165) is 23.9 Å². The van der Waals surface area contributed by atoms with Crippen molar-refractivity contribution in [2.24, 2.45) is 4.99 Å². The van der Waals surface area contributed by atoms with Crippen LogP contribution in [0.15, 0.2) is 11.2 Å². The second-order valence-corrected chi connectivity index (χ2v) is 8.42. The van der Waals surface area contributed by atoms with Crippen LogP contribution in [-0.4, -0.2) is 59.8 Å². The summed E-state index contributed by atoms with van der Waals surface area (Å²) >= 11 is 1.71. The van der Waals surface area contributed by atoms with Gasteiger partial charge in [-0.2, -0.15) is 0 Å². The van der Waals surface area contributed by atoms with Gasteiger partial charge in [0.2, 0.25) is 0 Å². The Kier molecular flexibility index (Phi) is 6.64. The fourth-order valence-electron chi connectivity index (χ4n) is 2.34. The molecule has 25 heavy (non-hydrogen) atoms. The van der Waals surface area contributed by atoms with Gasteiger partial charge < -0.3 is 20.3 Å². The van der Waals surface area contributed by atoms with Crippen molar-refractivity contribution < 1.29 is 9.53 Å². The van der Waals surface area contributed by atoms with Crippen molar-refractivity contribution in [3.63, 3.8) is 0 Å². The molecule has 0 atom stereocenters. The van der Waals surface area contributed by atoms with E-state index in [4.69, 9.17) is 4.74 Å². The quantitative estimate of drug-likeness (QED) is 0.616. The van der Waals surface area contributed by atoms with Crippen molar-refractivity contribution in [1.82, 2.24) is 20.5 Å². The average molecular weight is 368 g/mol. The Balaban J connectivity index is 1.76. The highest BCUT2D eigenvalue weighted by Gasteiger charge is 2.34. The van der Waals surface area contributed by atoms with Crippen molar-refractivity contribution in [3.8, 4) is 0 Å². The number of guanidine groups is 1. The summed E-state index contributed by atoms with van der Waals surface area (Å²) in [6.07, 6.45) is 2.47. The highest BCUT2D eigenvalue weighted by atomic mass is 32.1. The minimum atomic E-state index is -0.458. The van der Waals surface area contributed by atoms with Crippen LogP contribution in [0.2, 0.25) is 0 Å². The van der Waals surface area contributed by atoms with Gasteiger partial charge in [-0.25, -0.2) is 9.78 Å². The Labute approximate surface area is 153 Å². The number of ether oxygens (including phenoxy) is 1. The summed E-state index contributed by atoms with van der Waals surface area (Å²) in [5, 5.41) is 7.72. The highest BCUT2D eigenvalue weighted by molar-refractivity contribution is 7.11. The zero-order chi connectivity index (χ0) is 18.4. The molecule has 1 aromatic heterocycles. The number of rotatable bonds is 5. The lowest BCUT2D eigenvalue weighted by Gasteiger charge is -2.40. The number of nitrogens with zero attached hydrogens (tertiary/aromatic N) is 3. The van der Waals surface area contributed by atoms with E-state index in [1.54, 1.807) is 16.2 Å². The summed E-state index contributed by atoms with van der Waals surface area (Å²) in [4.78, 5) is 23.8. The Morgan fingerprint density at radius 1 is 1.48 bits per heavy atom. The van der Waals surface area contributed by atoms with Gasteiger partial charge in [-0.3, -0.25) is 4.99 Å². The smallest absolute Gasteiger partial charge is 0.410 e. The Morgan fingerprint density at radius 2 is 2.20 bits per heavy atom. The van der Waals surface area contributed by atoms with Gasteiger partial charge in [-0.15, -0.1) is 11.3 Å². The number of hydrogen-bond donors (Lipinski definition) is 2. The molecule has 1 saturated heterocycles. The summed E-state index contributed by atoms with van der Waals surface area (Å²) in [6, 6.07) is 0.201. The van der Waals surface area contributed by atoms with Crippen molar-refractivity contribution >= 4 is 23.4 Å².